The largest absolute Gasteiger partial charge is 0.379 e. The molecule has 1 aromatic carbocycles. The van der Waals surface area contributed by atoms with Gasteiger partial charge >= 0.3 is 0 Å². The van der Waals surface area contributed by atoms with Crippen molar-refractivity contribution in [2.75, 3.05) is 39.5 Å². The lowest BCUT2D eigenvalue weighted by Gasteiger charge is -2.44. The highest BCUT2D eigenvalue weighted by atomic mass is 16.5. The summed E-state index contributed by atoms with van der Waals surface area (Å²) in [6, 6.07) is 11.1. The molecular formula is C20H31NO2. The number of ether oxygens (including phenoxy) is 2. The molecule has 3 heteroatoms. The van der Waals surface area contributed by atoms with Crippen molar-refractivity contribution in [1.29, 1.82) is 0 Å². The summed E-state index contributed by atoms with van der Waals surface area (Å²) in [7, 11) is 0. The summed E-state index contributed by atoms with van der Waals surface area (Å²) in [6.45, 7) is 10.6. The smallest absolute Gasteiger partial charge is 0.0606 e. The van der Waals surface area contributed by atoms with E-state index in [0.717, 1.165) is 45.8 Å². The molecule has 1 aromatic rings. The van der Waals surface area contributed by atoms with Crippen LogP contribution in [-0.2, 0) is 14.9 Å². The molecule has 2 aliphatic rings. The fraction of sp³-hybridized carbons (Fsp3) is 0.700. The topological polar surface area (TPSA) is 21.7 Å². The van der Waals surface area contributed by atoms with Gasteiger partial charge in [0.25, 0.3) is 0 Å². The molecule has 2 atom stereocenters. The lowest BCUT2D eigenvalue weighted by atomic mass is 9.68. The Bertz CT molecular complexity index is 470. The van der Waals surface area contributed by atoms with Crippen molar-refractivity contribution in [3.63, 3.8) is 0 Å². The molecule has 0 aliphatic carbocycles. The molecule has 0 unspecified atom stereocenters. The minimum Gasteiger partial charge on any atom is -0.379 e. The first kappa shape index (κ1) is 16.9. The molecule has 2 saturated heterocycles. The van der Waals surface area contributed by atoms with E-state index >= 15 is 0 Å². The van der Waals surface area contributed by atoms with Gasteiger partial charge in [-0.3, -0.25) is 4.90 Å². The van der Waals surface area contributed by atoms with Gasteiger partial charge in [-0.15, -0.1) is 0 Å². The van der Waals surface area contributed by atoms with E-state index in [-0.39, 0.29) is 5.41 Å². The van der Waals surface area contributed by atoms with Crippen molar-refractivity contribution in [3.8, 4) is 0 Å². The number of hydrogen-bond donors (Lipinski definition) is 0. The van der Waals surface area contributed by atoms with E-state index in [4.69, 9.17) is 9.47 Å². The Morgan fingerprint density at radius 3 is 2.57 bits per heavy atom. The van der Waals surface area contributed by atoms with E-state index in [9.17, 15) is 0 Å². The number of rotatable bonds is 5. The van der Waals surface area contributed by atoms with Gasteiger partial charge in [-0.05, 0) is 37.3 Å². The van der Waals surface area contributed by atoms with E-state index in [2.05, 4.69) is 49.1 Å². The maximum Gasteiger partial charge on any atom is 0.0606 e. The van der Waals surface area contributed by atoms with Crippen LogP contribution in [0.25, 0.3) is 0 Å². The molecule has 128 valence electrons. The monoisotopic (exact) mass is 317 g/mol. The zero-order valence-corrected chi connectivity index (χ0v) is 14.7. The Morgan fingerprint density at radius 1 is 1.13 bits per heavy atom. The lowest BCUT2D eigenvalue weighted by Crippen LogP contribution is -2.44. The molecule has 2 fully saturated rings. The van der Waals surface area contributed by atoms with E-state index in [1.807, 2.05) is 0 Å². The molecule has 0 spiro atoms. The van der Waals surface area contributed by atoms with Crippen molar-refractivity contribution in [3.05, 3.63) is 35.9 Å². The van der Waals surface area contributed by atoms with Gasteiger partial charge in [0.2, 0.25) is 0 Å². The minimum atomic E-state index is 0.271. The van der Waals surface area contributed by atoms with Crippen LogP contribution in [0, 0.1) is 5.92 Å². The van der Waals surface area contributed by atoms with Gasteiger partial charge < -0.3 is 9.47 Å². The molecule has 0 saturated carbocycles. The third-order valence-corrected chi connectivity index (χ3v) is 5.64. The van der Waals surface area contributed by atoms with Crippen LogP contribution < -0.4 is 0 Å². The summed E-state index contributed by atoms with van der Waals surface area (Å²) in [5.74, 6) is 0.585. The fourth-order valence-corrected chi connectivity index (χ4v) is 4.00. The highest BCUT2D eigenvalue weighted by Gasteiger charge is 2.39. The maximum absolute atomic E-state index is 6.07. The average molecular weight is 317 g/mol. The first-order valence-electron chi connectivity index (χ1n) is 9.17. The van der Waals surface area contributed by atoms with E-state index in [1.54, 1.807) is 0 Å². The van der Waals surface area contributed by atoms with Crippen LogP contribution in [0.5, 0.6) is 0 Å². The second-order valence-corrected chi connectivity index (χ2v) is 7.46. The predicted octanol–water partition coefficient (Wildman–Crippen LogP) is 3.48. The summed E-state index contributed by atoms with van der Waals surface area (Å²) in [5.41, 5.74) is 1.77. The van der Waals surface area contributed by atoms with Gasteiger partial charge in [0.1, 0.15) is 0 Å². The van der Waals surface area contributed by atoms with Crippen LogP contribution in [0.3, 0.4) is 0 Å². The molecule has 23 heavy (non-hydrogen) atoms. The summed E-state index contributed by atoms with van der Waals surface area (Å²) >= 11 is 0. The second-order valence-electron chi connectivity index (χ2n) is 7.46. The highest BCUT2D eigenvalue weighted by molar-refractivity contribution is 5.26. The molecule has 3 rings (SSSR count). The molecule has 2 heterocycles. The number of hydrogen-bond acceptors (Lipinski definition) is 3. The van der Waals surface area contributed by atoms with Gasteiger partial charge in [-0.1, -0.05) is 44.2 Å². The summed E-state index contributed by atoms with van der Waals surface area (Å²) in [4.78, 5) is 2.56. The Labute approximate surface area is 141 Å². The molecule has 0 N–H and O–H groups in total. The normalized spacial score (nSPS) is 29.8. The van der Waals surface area contributed by atoms with Crippen molar-refractivity contribution in [1.82, 2.24) is 4.90 Å². The zero-order chi connectivity index (χ0) is 16.1. The van der Waals surface area contributed by atoms with E-state index < -0.39 is 0 Å². The molecule has 2 aliphatic heterocycles. The molecule has 0 bridgehead atoms. The first-order valence-corrected chi connectivity index (χ1v) is 9.17. The van der Waals surface area contributed by atoms with Crippen LogP contribution in [0.1, 0.15) is 38.7 Å². The Morgan fingerprint density at radius 2 is 1.87 bits per heavy atom. The quantitative estimate of drug-likeness (QED) is 0.830. The number of morpholine rings is 1. The van der Waals surface area contributed by atoms with Crippen LogP contribution >= 0.6 is 0 Å². The average Bonchev–Trinajstić information content (AvgIpc) is 2.62. The predicted molar refractivity (Wildman–Crippen MR) is 93.8 cm³/mol. The molecule has 0 aromatic heterocycles. The SMILES string of the molecule is CC(C)[C@H]1C[C@@](CCN2CCOCC2)(c2ccccc2)CCO1. The second kappa shape index (κ2) is 7.78. The molecule has 0 amide bonds. The number of nitrogens with zero attached hydrogens (tertiary/aromatic N) is 1. The van der Waals surface area contributed by atoms with E-state index in [1.165, 1.54) is 18.5 Å². The maximum atomic E-state index is 6.07. The van der Waals surface area contributed by atoms with Gasteiger partial charge in [0.05, 0.1) is 19.3 Å². The number of benzene rings is 1. The summed E-state index contributed by atoms with van der Waals surface area (Å²) in [5, 5.41) is 0. The lowest BCUT2D eigenvalue weighted by molar-refractivity contribution is -0.0506. The van der Waals surface area contributed by atoms with Crippen LogP contribution in [0.15, 0.2) is 30.3 Å². The Kier molecular flexibility index (Phi) is 5.73. The summed E-state index contributed by atoms with van der Waals surface area (Å²) in [6.07, 6.45) is 3.90. The zero-order valence-electron chi connectivity index (χ0n) is 14.7. The fourth-order valence-electron chi connectivity index (χ4n) is 4.00. The van der Waals surface area contributed by atoms with Crippen molar-refractivity contribution < 1.29 is 9.47 Å². The van der Waals surface area contributed by atoms with Crippen LogP contribution in [0.4, 0.5) is 0 Å². The van der Waals surface area contributed by atoms with E-state index in [0.29, 0.717) is 12.0 Å². The van der Waals surface area contributed by atoms with Gasteiger partial charge in [0, 0.05) is 25.1 Å². The minimum absolute atomic E-state index is 0.271. The van der Waals surface area contributed by atoms with Crippen LogP contribution in [-0.4, -0.2) is 50.5 Å². The third kappa shape index (κ3) is 4.14. The van der Waals surface area contributed by atoms with Crippen molar-refractivity contribution in [2.24, 2.45) is 5.92 Å². The van der Waals surface area contributed by atoms with Crippen molar-refractivity contribution in [2.45, 2.75) is 44.6 Å². The van der Waals surface area contributed by atoms with Gasteiger partial charge in [0.15, 0.2) is 0 Å². The third-order valence-electron chi connectivity index (χ3n) is 5.64. The standard InChI is InChI=1S/C20H31NO2/c1-17(2)19-16-20(9-13-23-19,18-6-4-3-5-7-18)8-10-21-11-14-22-15-12-21/h3-7,17,19H,8-16H2,1-2H3/t19-,20+/m1/s1. The Hall–Kier alpha value is -0.900. The Balaban J connectivity index is 1.75. The van der Waals surface area contributed by atoms with Gasteiger partial charge in [-0.2, -0.15) is 0 Å². The van der Waals surface area contributed by atoms with Crippen LogP contribution in [0.2, 0.25) is 0 Å². The molecular weight excluding hydrogens is 286 g/mol. The highest BCUT2D eigenvalue weighted by Crippen LogP contribution is 2.42. The van der Waals surface area contributed by atoms with Crippen molar-refractivity contribution >= 4 is 0 Å². The molecule has 0 radical (unpaired) electrons. The molecule has 3 nitrogen and oxygen atoms in total. The first-order chi connectivity index (χ1) is 11.2. The summed E-state index contributed by atoms with van der Waals surface area (Å²) < 4.78 is 11.6. The van der Waals surface area contributed by atoms with Gasteiger partial charge in [-0.25, -0.2) is 0 Å².